The van der Waals surface area contributed by atoms with Crippen molar-refractivity contribution in [2.75, 3.05) is 13.6 Å². The number of aliphatic hydroxyl groups excluding tert-OH is 1. The maximum atomic E-state index is 13.2. The van der Waals surface area contributed by atoms with E-state index in [9.17, 15) is 27.9 Å². The fourth-order valence-corrected chi connectivity index (χ4v) is 6.00. The van der Waals surface area contributed by atoms with E-state index in [0.717, 1.165) is 19.3 Å². The first-order valence-electron chi connectivity index (χ1n) is 11.6. The molecule has 3 fully saturated rings. The van der Waals surface area contributed by atoms with Crippen molar-refractivity contribution < 1.29 is 27.9 Å². The van der Waals surface area contributed by atoms with Crippen molar-refractivity contribution in [1.82, 2.24) is 14.9 Å². The van der Waals surface area contributed by atoms with Gasteiger partial charge >= 0.3 is 0 Å². The molecule has 3 aliphatic carbocycles. The molecule has 0 aliphatic heterocycles. The second kappa shape index (κ2) is 9.97. The second-order valence-corrected chi connectivity index (χ2v) is 11.5. The Hall–Kier alpha value is -2.20. The number of sulfonamides is 1. The summed E-state index contributed by atoms with van der Waals surface area (Å²) in [5, 5.41) is 12.4. The molecule has 3 amide bonds. The highest BCUT2D eigenvalue weighted by Gasteiger charge is 2.62. The molecular formula is C23H35N3O6S. The summed E-state index contributed by atoms with van der Waals surface area (Å²) in [6, 6.07) is 0. The molecule has 33 heavy (non-hydrogen) atoms. The van der Waals surface area contributed by atoms with Crippen molar-refractivity contribution in [1.29, 1.82) is 0 Å². The Morgan fingerprint density at radius 3 is 2.39 bits per heavy atom. The third-order valence-corrected chi connectivity index (χ3v) is 8.79. The molecule has 0 unspecified atom stereocenters. The van der Waals surface area contributed by atoms with E-state index in [4.69, 9.17) is 0 Å². The fourth-order valence-electron chi connectivity index (χ4n) is 4.63. The van der Waals surface area contributed by atoms with Crippen molar-refractivity contribution in [2.45, 2.75) is 68.3 Å². The lowest BCUT2D eigenvalue weighted by atomic mass is 9.93. The van der Waals surface area contributed by atoms with Gasteiger partial charge in [-0.1, -0.05) is 12.2 Å². The molecule has 9 nitrogen and oxygen atoms in total. The number of hydrogen-bond donors (Lipinski definition) is 3. The normalized spacial score (nSPS) is 30.8. The van der Waals surface area contributed by atoms with Crippen LogP contribution in [0.25, 0.3) is 0 Å². The average Bonchev–Trinajstić information content (AvgIpc) is 3.67. The monoisotopic (exact) mass is 481 g/mol. The Bertz CT molecular complexity index is 915. The van der Waals surface area contributed by atoms with Gasteiger partial charge in [0.25, 0.3) is 5.91 Å². The molecule has 0 aromatic rings. The molecule has 0 saturated heterocycles. The molecule has 0 bridgehead atoms. The molecule has 3 rings (SSSR count). The molecule has 3 saturated carbocycles. The summed E-state index contributed by atoms with van der Waals surface area (Å²) in [7, 11) is -2.08. The summed E-state index contributed by atoms with van der Waals surface area (Å²) in [5.41, 5.74) is -1.39. The van der Waals surface area contributed by atoms with Crippen LogP contribution < -0.4 is 10.0 Å². The fraction of sp³-hybridized carbons (Fsp3) is 0.696. The number of hydrogen-bond acceptors (Lipinski definition) is 6. The molecule has 10 heteroatoms. The van der Waals surface area contributed by atoms with Gasteiger partial charge in [-0.2, -0.15) is 0 Å². The minimum absolute atomic E-state index is 0.114. The number of nitrogens with one attached hydrogen (secondary N) is 2. The smallest absolute Gasteiger partial charge is 0.259 e. The molecule has 5 atom stereocenters. The van der Waals surface area contributed by atoms with E-state index in [2.05, 4.69) is 23.2 Å². The predicted molar refractivity (Wildman–Crippen MR) is 123 cm³/mol. The number of amides is 3. The third-order valence-electron chi connectivity index (χ3n) is 6.97. The lowest BCUT2D eigenvalue weighted by Crippen LogP contribution is -2.54. The van der Waals surface area contributed by atoms with Crippen LogP contribution in [-0.2, 0) is 24.4 Å². The maximum Gasteiger partial charge on any atom is 0.259 e. The van der Waals surface area contributed by atoms with Gasteiger partial charge < -0.3 is 15.3 Å². The minimum Gasteiger partial charge on any atom is -0.393 e. The Labute approximate surface area is 195 Å². The molecule has 0 heterocycles. The van der Waals surface area contributed by atoms with Crippen LogP contribution in [0.5, 0.6) is 0 Å². The van der Waals surface area contributed by atoms with Crippen molar-refractivity contribution in [2.24, 2.45) is 17.8 Å². The van der Waals surface area contributed by atoms with E-state index in [0.29, 0.717) is 19.4 Å². The first-order chi connectivity index (χ1) is 15.6. The van der Waals surface area contributed by atoms with Crippen molar-refractivity contribution in [3.05, 3.63) is 25.3 Å². The Balaban J connectivity index is 1.67. The van der Waals surface area contributed by atoms with Crippen molar-refractivity contribution in [3.8, 4) is 0 Å². The van der Waals surface area contributed by atoms with Crippen LogP contribution in [0.2, 0.25) is 0 Å². The van der Waals surface area contributed by atoms with E-state index in [1.165, 1.54) is 6.08 Å². The molecule has 3 N–H and O–H groups in total. The van der Waals surface area contributed by atoms with Crippen LogP contribution in [-0.4, -0.2) is 66.6 Å². The number of unbranched alkanes of at least 4 members (excludes halogenated alkanes) is 2. The van der Waals surface area contributed by atoms with Crippen molar-refractivity contribution >= 4 is 27.7 Å². The largest absolute Gasteiger partial charge is 0.393 e. The quantitative estimate of drug-likeness (QED) is 0.280. The molecule has 0 aromatic carbocycles. The standard InChI is InChI=1S/C23H35N3O6S/c1-4-6-7-8-11-26(3)21(29)19-13-16(27)12-18(19)20(28)24-23(14-15(23)5-2)22(30)25-33(31,32)17-9-10-17/h4-5,15-19,27H,1-2,6-14H2,3H3,(H,24,28)(H,25,30)/t15-,16-,18-,19-,23-/m1/s1. The lowest BCUT2D eigenvalue weighted by molar-refractivity contribution is -0.140. The Kier molecular flexibility index (Phi) is 7.68. The molecule has 0 spiro atoms. The summed E-state index contributed by atoms with van der Waals surface area (Å²) in [6.45, 7) is 7.90. The van der Waals surface area contributed by atoms with Gasteiger partial charge in [-0.15, -0.1) is 13.2 Å². The number of carbonyl (C=O) groups excluding carboxylic acids is 3. The maximum absolute atomic E-state index is 13.2. The van der Waals surface area contributed by atoms with Gasteiger partial charge in [0, 0.05) is 19.5 Å². The number of aliphatic hydroxyl groups is 1. The van der Waals surface area contributed by atoms with Crippen LogP contribution in [0.3, 0.4) is 0 Å². The van der Waals surface area contributed by atoms with E-state index < -0.39 is 56.5 Å². The summed E-state index contributed by atoms with van der Waals surface area (Å²) in [5.74, 6) is -3.39. The van der Waals surface area contributed by atoms with Gasteiger partial charge in [0.2, 0.25) is 21.8 Å². The van der Waals surface area contributed by atoms with Crippen LogP contribution >= 0.6 is 0 Å². The van der Waals surface area contributed by atoms with Crippen LogP contribution in [0.1, 0.15) is 51.4 Å². The van der Waals surface area contributed by atoms with Gasteiger partial charge in [0.05, 0.1) is 23.2 Å². The third kappa shape index (κ3) is 5.66. The number of rotatable bonds is 12. The van der Waals surface area contributed by atoms with E-state index in [1.54, 1.807) is 11.9 Å². The van der Waals surface area contributed by atoms with Crippen LogP contribution in [0.15, 0.2) is 25.3 Å². The summed E-state index contributed by atoms with van der Waals surface area (Å²) < 4.78 is 26.6. The average molecular weight is 482 g/mol. The highest BCUT2D eigenvalue weighted by atomic mass is 32.2. The number of nitrogens with zero attached hydrogens (tertiary/aromatic N) is 1. The highest BCUT2D eigenvalue weighted by molar-refractivity contribution is 7.91. The summed E-state index contributed by atoms with van der Waals surface area (Å²) in [4.78, 5) is 40.7. The Morgan fingerprint density at radius 1 is 1.15 bits per heavy atom. The topological polar surface area (TPSA) is 133 Å². The summed E-state index contributed by atoms with van der Waals surface area (Å²) >= 11 is 0. The van der Waals surface area contributed by atoms with Crippen LogP contribution in [0, 0.1) is 17.8 Å². The highest BCUT2D eigenvalue weighted by Crippen LogP contribution is 2.46. The first-order valence-corrected chi connectivity index (χ1v) is 13.1. The minimum atomic E-state index is -3.77. The van der Waals surface area contributed by atoms with Gasteiger partial charge in [0.1, 0.15) is 5.54 Å². The van der Waals surface area contributed by atoms with E-state index >= 15 is 0 Å². The first kappa shape index (κ1) is 25.4. The zero-order chi connectivity index (χ0) is 24.4. The second-order valence-electron chi connectivity index (χ2n) is 9.56. The number of allylic oxidation sites excluding steroid dienone is 1. The SMILES string of the molecule is C=CCCCCN(C)C(=O)[C@@H]1C[C@H](O)C[C@H]1C(=O)N[C@]1(C(=O)NS(=O)(=O)C2CC2)C[C@H]1C=C. The molecule has 3 aliphatic rings. The molecule has 0 aromatic heterocycles. The van der Waals surface area contributed by atoms with E-state index in [1.807, 2.05) is 6.08 Å². The molecule has 184 valence electrons. The van der Waals surface area contributed by atoms with Gasteiger partial charge in [-0.3, -0.25) is 19.1 Å². The molecular weight excluding hydrogens is 446 g/mol. The van der Waals surface area contributed by atoms with Gasteiger partial charge in [-0.25, -0.2) is 8.42 Å². The van der Waals surface area contributed by atoms with E-state index in [-0.39, 0.29) is 25.2 Å². The zero-order valence-electron chi connectivity index (χ0n) is 19.2. The number of carbonyl (C=O) groups is 3. The predicted octanol–water partition coefficient (Wildman–Crippen LogP) is 0.858. The Morgan fingerprint density at radius 2 is 1.82 bits per heavy atom. The lowest BCUT2D eigenvalue weighted by Gasteiger charge is -2.26. The van der Waals surface area contributed by atoms with Gasteiger partial charge in [-0.05, 0) is 51.4 Å². The van der Waals surface area contributed by atoms with Crippen LogP contribution in [0.4, 0.5) is 0 Å². The van der Waals surface area contributed by atoms with Crippen molar-refractivity contribution in [3.63, 3.8) is 0 Å². The summed E-state index contributed by atoms with van der Waals surface area (Å²) in [6.07, 6.45) is 6.68. The van der Waals surface area contributed by atoms with Gasteiger partial charge in [0.15, 0.2) is 0 Å². The zero-order valence-corrected chi connectivity index (χ0v) is 20.0. The molecule has 0 radical (unpaired) electrons.